The van der Waals surface area contributed by atoms with Crippen molar-refractivity contribution in [3.05, 3.63) is 29.6 Å². The quantitative estimate of drug-likeness (QED) is 0.733. The number of hydrogen-bond donors (Lipinski definition) is 0. The average molecular weight is 329 g/mol. The highest BCUT2D eigenvalue weighted by molar-refractivity contribution is 6.16. The van der Waals surface area contributed by atoms with Crippen LogP contribution in [0.5, 0.6) is 0 Å². The van der Waals surface area contributed by atoms with E-state index in [1.54, 1.807) is 11.0 Å². The third kappa shape index (κ3) is 1.88. The van der Waals surface area contributed by atoms with Gasteiger partial charge in [-0.3, -0.25) is 9.59 Å². The Hall–Kier alpha value is -1.71. The minimum atomic E-state index is -0.856. The second-order valence-electron chi connectivity index (χ2n) is 8.41. The van der Waals surface area contributed by atoms with Crippen LogP contribution in [0, 0.1) is 22.6 Å². The van der Waals surface area contributed by atoms with Crippen molar-refractivity contribution in [3.63, 3.8) is 0 Å². The van der Waals surface area contributed by atoms with E-state index in [2.05, 4.69) is 0 Å². The molecule has 24 heavy (non-hydrogen) atoms. The molecule has 0 aromatic heterocycles. The van der Waals surface area contributed by atoms with Crippen LogP contribution in [-0.2, 0) is 16.0 Å². The number of Topliss-reactive ketones (excluding diaryl/α,β-unsaturated/α-hetero) is 1. The highest BCUT2D eigenvalue weighted by Gasteiger charge is 2.66. The van der Waals surface area contributed by atoms with Crippen LogP contribution in [0.2, 0.25) is 0 Å². The molecule has 1 aromatic carbocycles. The molecule has 1 amide bonds. The number of halogens is 1. The molecule has 2 bridgehead atoms. The summed E-state index contributed by atoms with van der Waals surface area (Å²) in [5.41, 5.74) is 0.400. The lowest BCUT2D eigenvalue weighted by Gasteiger charge is -2.41. The molecular formula is C20H24FNO2. The van der Waals surface area contributed by atoms with E-state index in [4.69, 9.17) is 0 Å². The molecule has 3 aliphatic rings. The molecule has 0 spiro atoms. The summed E-state index contributed by atoms with van der Waals surface area (Å²) in [4.78, 5) is 28.4. The van der Waals surface area contributed by atoms with Gasteiger partial charge >= 0.3 is 0 Å². The molecule has 1 aromatic rings. The monoisotopic (exact) mass is 329 g/mol. The number of amides is 1. The van der Waals surface area contributed by atoms with Gasteiger partial charge in [-0.1, -0.05) is 13.8 Å². The number of carbonyl (C=O) groups excluding carboxylic acids is 2. The third-order valence-electron chi connectivity index (χ3n) is 6.76. The van der Waals surface area contributed by atoms with Crippen LogP contribution >= 0.6 is 0 Å². The maximum absolute atomic E-state index is 13.6. The molecule has 4 heteroatoms. The predicted octanol–water partition coefficient (Wildman–Crippen LogP) is 3.89. The van der Waals surface area contributed by atoms with Gasteiger partial charge in [0.15, 0.2) is 5.78 Å². The zero-order chi connectivity index (χ0) is 17.3. The Morgan fingerprint density at radius 3 is 2.71 bits per heavy atom. The summed E-state index contributed by atoms with van der Waals surface area (Å²) in [7, 11) is 0. The largest absolute Gasteiger partial charge is 0.308 e. The predicted molar refractivity (Wildman–Crippen MR) is 90.2 cm³/mol. The number of fused-ring (bicyclic) bond motifs is 3. The third-order valence-corrected chi connectivity index (χ3v) is 6.76. The van der Waals surface area contributed by atoms with Gasteiger partial charge in [-0.15, -0.1) is 0 Å². The summed E-state index contributed by atoms with van der Waals surface area (Å²) in [6, 6.07) is 4.68. The van der Waals surface area contributed by atoms with Crippen molar-refractivity contribution in [2.24, 2.45) is 16.7 Å². The Kier molecular flexibility index (Phi) is 3.23. The van der Waals surface area contributed by atoms with Crippen molar-refractivity contribution in [2.45, 2.75) is 58.9 Å². The van der Waals surface area contributed by atoms with Crippen molar-refractivity contribution in [2.75, 3.05) is 4.90 Å². The fraction of sp³-hybridized carbons (Fsp3) is 0.600. The number of rotatable bonds is 1. The van der Waals surface area contributed by atoms with E-state index in [1.807, 2.05) is 20.8 Å². The number of hydrogen-bond acceptors (Lipinski definition) is 2. The van der Waals surface area contributed by atoms with Gasteiger partial charge in [-0.25, -0.2) is 4.39 Å². The standard InChI is InChI=1S/C20H24FNO2/c1-12-4-5-13-10-15(21)6-7-16(13)22(12)18(24)20-9-8-14(11-20)19(2,3)17(20)23/h6-7,10,12,14H,4-5,8-9,11H2,1-3H3/t12-,14-,20+/m1/s1. The SMILES string of the molecule is C[C@@H]1CCc2cc(F)ccc2N1C(=O)[C@@]12CC[C@H](C1)C(C)(C)C2=O. The Morgan fingerprint density at radius 2 is 2.04 bits per heavy atom. The normalized spacial score (nSPS) is 33.7. The van der Waals surface area contributed by atoms with Crippen LogP contribution in [0.1, 0.15) is 52.0 Å². The smallest absolute Gasteiger partial charge is 0.240 e. The number of carbonyl (C=O) groups is 2. The lowest BCUT2D eigenvalue weighted by atomic mass is 9.70. The molecule has 2 fully saturated rings. The second kappa shape index (κ2) is 4.90. The van der Waals surface area contributed by atoms with Crippen LogP contribution in [-0.4, -0.2) is 17.7 Å². The summed E-state index contributed by atoms with van der Waals surface area (Å²) in [5.74, 6) is 0.0907. The Labute approximate surface area is 142 Å². The summed E-state index contributed by atoms with van der Waals surface area (Å²) in [5, 5.41) is 0. The van der Waals surface area contributed by atoms with E-state index < -0.39 is 10.8 Å². The molecule has 0 unspecified atom stereocenters. The number of nitrogens with zero attached hydrogens (tertiary/aromatic N) is 1. The zero-order valence-corrected chi connectivity index (χ0v) is 14.6. The van der Waals surface area contributed by atoms with E-state index in [1.165, 1.54) is 12.1 Å². The van der Waals surface area contributed by atoms with Gasteiger partial charge in [0.05, 0.1) is 0 Å². The summed E-state index contributed by atoms with van der Waals surface area (Å²) < 4.78 is 13.6. The van der Waals surface area contributed by atoms with E-state index in [0.717, 1.165) is 30.5 Å². The molecule has 2 saturated carbocycles. The van der Waals surface area contributed by atoms with Crippen LogP contribution in [0.15, 0.2) is 18.2 Å². The Morgan fingerprint density at radius 1 is 1.29 bits per heavy atom. The zero-order valence-electron chi connectivity index (χ0n) is 14.6. The van der Waals surface area contributed by atoms with Crippen LogP contribution in [0.4, 0.5) is 10.1 Å². The van der Waals surface area contributed by atoms with Gasteiger partial charge < -0.3 is 4.90 Å². The first-order valence-electron chi connectivity index (χ1n) is 8.94. The first-order valence-corrected chi connectivity index (χ1v) is 8.94. The molecule has 1 aliphatic heterocycles. The molecule has 0 N–H and O–H groups in total. The highest BCUT2D eigenvalue weighted by Crippen LogP contribution is 2.61. The first-order chi connectivity index (χ1) is 11.3. The Bertz CT molecular complexity index is 741. The van der Waals surface area contributed by atoms with Crippen molar-refractivity contribution >= 4 is 17.4 Å². The topological polar surface area (TPSA) is 37.4 Å². The molecular weight excluding hydrogens is 305 g/mol. The lowest BCUT2D eigenvalue weighted by Crippen LogP contribution is -2.53. The molecule has 3 nitrogen and oxygen atoms in total. The first kappa shape index (κ1) is 15.8. The fourth-order valence-electron chi connectivity index (χ4n) is 5.22. The minimum Gasteiger partial charge on any atom is -0.308 e. The second-order valence-corrected chi connectivity index (χ2v) is 8.41. The van der Waals surface area contributed by atoms with E-state index in [0.29, 0.717) is 18.8 Å². The van der Waals surface area contributed by atoms with Gasteiger partial charge in [0.25, 0.3) is 0 Å². The Balaban J connectivity index is 1.77. The van der Waals surface area contributed by atoms with E-state index in [-0.39, 0.29) is 23.5 Å². The maximum Gasteiger partial charge on any atom is 0.240 e. The molecule has 3 atom stereocenters. The van der Waals surface area contributed by atoms with Crippen LogP contribution in [0.25, 0.3) is 0 Å². The lowest BCUT2D eigenvalue weighted by molar-refractivity contribution is -0.144. The highest BCUT2D eigenvalue weighted by atomic mass is 19.1. The molecule has 2 aliphatic carbocycles. The van der Waals surface area contributed by atoms with Crippen molar-refractivity contribution < 1.29 is 14.0 Å². The molecule has 128 valence electrons. The van der Waals surface area contributed by atoms with E-state index >= 15 is 0 Å². The summed E-state index contributed by atoms with van der Waals surface area (Å²) in [6.07, 6.45) is 3.87. The number of benzene rings is 1. The van der Waals surface area contributed by atoms with Gasteiger partial charge in [0.2, 0.25) is 5.91 Å². The van der Waals surface area contributed by atoms with Crippen molar-refractivity contribution in [3.8, 4) is 0 Å². The molecule has 0 radical (unpaired) electrons. The summed E-state index contributed by atoms with van der Waals surface area (Å²) >= 11 is 0. The van der Waals surface area contributed by atoms with Gasteiger partial charge in [0.1, 0.15) is 11.2 Å². The fourth-order valence-corrected chi connectivity index (χ4v) is 5.22. The van der Waals surface area contributed by atoms with Crippen LogP contribution in [0.3, 0.4) is 0 Å². The van der Waals surface area contributed by atoms with Gasteiger partial charge in [-0.05, 0) is 68.7 Å². The van der Waals surface area contributed by atoms with Gasteiger partial charge in [0, 0.05) is 17.1 Å². The van der Waals surface area contributed by atoms with E-state index in [9.17, 15) is 14.0 Å². The molecule has 1 heterocycles. The average Bonchev–Trinajstić information content (AvgIpc) is 3.07. The molecule has 0 saturated heterocycles. The van der Waals surface area contributed by atoms with Crippen molar-refractivity contribution in [1.29, 1.82) is 0 Å². The van der Waals surface area contributed by atoms with Crippen LogP contribution < -0.4 is 4.90 Å². The van der Waals surface area contributed by atoms with Crippen molar-refractivity contribution in [1.82, 2.24) is 0 Å². The maximum atomic E-state index is 13.6. The minimum absolute atomic E-state index is 0.0420. The molecule has 4 rings (SSSR count). The number of ketones is 1. The number of aryl methyl sites for hydroxylation is 1. The van der Waals surface area contributed by atoms with Gasteiger partial charge in [-0.2, -0.15) is 0 Å². The number of anilines is 1. The summed E-state index contributed by atoms with van der Waals surface area (Å²) in [6.45, 7) is 5.99.